The molecule has 0 aliphatic rings. The van der Waals surface area contributed by atoms with Crippen molar-refractivity contribution in [2.75, 3.05) is 11.9 Å². The number of benzene rings is 2. The molecule has 1 atom stereocenters. The molecule has 0 fully saturated rings. The van der Waals surface area contributed by atoms with Crippen molar-refractivity contribution >= 4 is 5.69 Å². The van der Waals surface area contributed by atoms with Crippen LogP contribution in [0.4, 0.5) is 5.69 Å². The van der Waals surface area contributed by atoms with Gasteiger partial charge in [-0.15, -0.1) is 0 Å². The van der Waals surface area contributed by atoms with Crippen LogP contribution < -0.4 is 4.90 Å². The molecule has 0 spiro atoms. The third-order valence-corrected chi connectivity index (χ3v) is 3.36. The minimum absolute atomic E-state index is 0.406. The van der Waals surface area contributed by atoms with E-state index >= 15 is 0 Å². The zero-order valence-electron chi connectivity index (χ0n) is 11.8. The van der Waals surface area contributed by atoms with Crippen LogP contribution in [0.25, 0.3) is 0 Å². The molecule has 19 heavy (non-hydrogen) atoms. The van der Waals surface area contributed by atoms with Crippen LogP contribution in [0.1, 0.15) is 29.7 Å². The van der Waals surface area contributed by atoms with Crippen molar-refractivity contribution in [3.8, 4) is 0 Å². The van der Waals surface area contributed by atoms with Gasteiger partial charge in [-0.3, -0.25) is 0 Å². The molecule has 2 nitrogen and oxygen atoms in total. The standard InChI is InChI=1S/C17H21NO/c1-13-4-6-15(7-5-13)12-18(3)17-10-8-16(9-11-17)14(2)19/h4-11,14,19H,12H2,1-3H3. The number of hydrogen-bond acceptors (Lipinski definition) is 2. The summed E-state index contributed by atoms with van der Waals surface area (Å²) in [5.41, 5.74) is 4.69. The molecule has 0 aliphatic carbocycles. The van der Waals surface area contributed by atoms with Crippen LogP contribution in [-0.4, -0.2) is 12.2 Å². The predicted octanol–water partition coefficient (Wildman–Crippen LogP) is 3.68. The summed E-state index contributed by atoms with van der Waals surface area (Å²) in [7, 11) is 2.08. The summed E-state index contributed by atoms with van der Waals surface area (Å²) in [4.78, 5) is 2.20. The zero-order chi connectivity index (χ0) is 13.8. The lowest BCUT2D eigenvalue weighted by atomic mass is 10.1. The molecule has 1 unspecified atom stereocenters. The molecule has 0 saturated carbocycles. The molecule has 0 heterocycles. The Hall–Kier alpha value is -1.80. The number of anilines is 1. The Labute approximate surface area is 115 Å². The molecule has 100 valence electrons. The van der Waals surface area contributed by atoms with E-state index in [1.807, 2.05) is 12.1 Å². The van der Waals surface area contributed by atoms with E-state index in [0.29, 0.717) is 0 Å². The summed E-state index contributed by atoms with van der Waals surface area (Å²) in [6, 6.07) is 16.7. The van der Waals surface area contributed by atoms with E-state index in [4.69, 9.17) is 0 Å². The highest BCUT2D eigenvalue weighted by Gasteiger charge is 2.04. The van der Waals surface area contributed by atoms with Crippen molar-refractivity contribution < 1.29 is 5.11 Å². The Balaban J connectivity index is 2.07. The molecule has 0 amide bonds. The molecule has 2 rings (SSSR count). The highest BCUT2D eigenvalue weighted by atomic mass is 16.3. The summed E-state index contributed by atoms with van der Waals surface area (Å²) in [5, 5.41) is 9.50. The van der Waals surface area contributed by atoms with Gasteiger partial charge in [0, 0.05) is 19.3 Å². The fourth-order valence-corrected chi connectivity index (χ4v) is 2.07. The summed E-state index contributed by atoms with van der Waals surface area (Å²) < 4.78 is 0. The van der Waals surface area contributed by atoms with Gasteiger partial charge in [-0.2, -0.15) is 0 Å². The molecule has 0 bridgehead atoms. The van der Waals surface area contributed by atoms with Gasteiger partial charge in [0.25, 0.3) is 0 Å². The average molecular weight is 255 g/mol. The summed E-state index contributed by atoms with van der Waals surface area (Å²) in [6.07, 6.45) is -0.406. The number of aliphatic hydroxyl groups excluding tert-OH is 1. The predicted molar refractivity (Wildman–Crippen MR) is 80.4 cm³/mol. The largest absolute Gasteiger partial charge is 0.389 e. The second-order valence-corrected chi connectivity index (χ2v) is 5.11. The molecule has 0 aliphatic heterocycles. The van der Waals surface area contributed by atoms with Gasteiger partial charge >= 0.3 is 0 Å². The highest BCUT2D eigenvalue weighted by molar-refractivity contribution is 5.47. The van der Waals surface area contributed by atoms with Gasteiger partial charge in [0.05, 0.1) is 6.10 Å². The van der Waals surface area contributed by atoms with E-state index in [2.05, 4.69) is 55.3 Å². The van der Waals surface area contributed by atoms with Crippen molar-refractivity contribution in [1.82, 2.24) is 0 Å². The van der Waals surface area contributed by atoms with Gasteiger partial charge in [0.1, 0.15) is 0 Å². The van der Waals surface area contributed by atoms with Crippen molar-refractivity contribution in [1.29, 1.82) is 0 Å². The van der Waals surface area contributed by atoms with Crippen LogP contribution in [0.2, 0.25) is 0 Å². The normalized spacial score (nSPS) is 12.2. The van der Waals surface area contributed by atoms with E-state index < -0.39 is 6.10 Å². The third-order valence-electron chi connectivity index (χ3n) is 3.36. The smallest absolute Gasteiger partial charge is 0.0761 e. The molecule has 2 aromatic rings. The second kappa shape index (κ2) is 5.89. The maximum absolute atomic E-state index is 9.50. The third kappa shape index (κ3) is 3.58. The lowest BCUT2D eigenvalue weighted by Crippen LogP contribution is -2.16. The fraction of sp³-hybridized carbons (Fsp3) is 0.294. The van der Waals surface area contributed by atoms with Gasteiger partial charge in [-0.25, -0.2) is 0 Å². The fourth-order valence-electron chi connectivity index (χ4n) is 2.07. The maximum atomic E-state index is 9.50. The second-order valence-electron chi connectivity index (χ2n) is 5.11. The molecular weight excluding hydrogens is 234 g/mol. The highest BCUT2D eigenvalue weighted by Crippen LogP contribution is 2.19. The Bertz CT molecular complexity index is 514. The minimum Gasteiger partial charge on any atom is -0.389 e. The molecule has 1 N–H and O–H groups in total. The first-order valence-electron chi connectivity index (χ1n) is 6.61. The van der Waals surface area contributed by atoms with Crippen molar-refractivity contribution in [2.45, 2.75) is 26.5 Å². The van der Waals surface area contributed by atoms with Gasteiger partial charge < -0.3 is 10.0 Å². The van der Waals surface area contributed by atoms with Gasteiger partial charge in [0.2, 0.25) is 0 Å². The van der Waals surface area contributed by atoms with E-state index in [9.17, 15) is 5.11 Å². The number of hydrogen-bond donors (Lipinski definition) is 1. The van der Waals surface area contributed by atoms with Gasteiger partial charge in [0.15, 0.2) is 0 Å². The summed E-state index contributed by atoms with van der Waals surface area (Å²) in [6.45, 7) is 4.77. The SMILES string of the molecule is Cc1ccc(CN(C)c2ccc(C(C)O)cc2)cc1. The first-order chi connectivity index (χ1) is 9.06. The Morgan fingerprint density at radius 1 is 1.00 bits per heavy atom. The van der Waals surface area contributed by atoms with Crippen LogP contribution in [-0.2, 0) is 6.54 Å². The average Bonchev–Trinajstić information content (AvgIpc) is 2.41. The topological polar surface area (TPSA) is 23.5 Å². The van der Waals surface area contributed by atoms with E-state index in [0.717, 1.165) is 17.8 Å². The minimum atomic E-state index is -0.406. The van der Waals surface area contributed by atoms with Crippen LogP contribution in [0.5, 0.6) is 0 Å². The molecular formula is C17H21NO. The van der Waals surface area contributed by atoms with Crippen molar-refractivity contribution in [2.24, 2.45) is 0 Å². The van der Waals surface area contributed by atoms with Crippen LogP contribution in [0, 0.1) is 6.92 Å². The summed E-state index contributed by atoms with van der Waals surface area (Å²) in [5.74, 6) is 0. The number of nitrogens with zero attached hydrogens (tertiary/aromatic N) is 1. The maximum Gasteiger partial charge on any atom is 0.0761 e. The van der Waals surface area contributed by atoms with E-state index in [-0.39, 0.29) is 0 Å². The molecule has 2 heteroatoms. The zero-order valence-corrected chi connectivity index (χ0v) is 11.8. The van der Waals surface area contributed by atoms with E-state index in [1.54, 1.807) is 6.92 Å². The molecule has 0 aromatic heterocycles. The van der Waals surface area contributed by atoms with Gasteiger partial charge in [-0.05, 0) is 37.1 Å². The lowest BCUT2D eigenvalue weighted by molar-refractivity contribution is 0.199. The summed E-state index contributed by atoms with van der Waals surface area (Å²) >= 11 is 0. The molecule has 0 radical (unpaired) electrons. The quantitative estimate of drug-likeness (QED) is 0.900. The van der Waals surface area contributed by atoms with Gasteiger partial charge in [-0.1, -0.05) is 42.0 Å². The van der Waals surface area contributed by atoms with E-state index in [1.165, 1.54) is 11.1 Å². The Kier molecular flexibility index (Phi) is 4.23. The van der Waals surface area contributed by atoms with Crippen LogP contribution in [0.15, 0.2) is 48.5 Å². The molecule has 0 saturated heterocycles. The number of aryl methyl sites for hydroxylation is 1. The number of aliphatic hydroxyl groups is 1. The Morgan fingerprint density at radius 2 is 1.58 bits per heavy atom. The van der Waals surface area contributed by atoms with Crippen LogP contribution in [0.3, 0.4) is 0 Å². The van der Waals surface area contributed by atoms with Crippen molar-refractivity contribution in [3.05, 3.63) is 65.2 Å². The first-order valence-corrected chi connectivity index (χ1v) is 6.61. The molecule has 2 aromatic carbocycles. The van der Waals surface area contributed by atoms with Crippen molar-refractivity contribution in [3.63, 3.8) is 0 Å². The Morgan fingerprint density at radius 3 is 2.11 bits per heavy atom. The monoisotopic (exact) mass is 255 g/mol. The number of rotatable bonds is 4. The lowest BCUT2D eigenvalue weighted by Gasteiger charge is -2.20. The van der Waals surface area contributed by atoms with Crippen LogP contribution >= 0.6 is 0 Å². The first kappa shape index (κ1) is 13.6.